The Labute approximate surface area is 104 Å². The molecule has 0 radical (unpaired) electrons. The van der Waals surface area contributed by atoms with E-state index in [4.69, 9.17) is 11.6 Å². The van der Waals surface area contributed by atoms with E-state index in [1.165, 1.54) is 6.33 Å². The number of halogens is 1. The van der Waals surface area contributed by atoms with Gasteiger partial charge in [0.15, 0.2) is 0 Å². The minimum absolute atomic E-state index is 0.0834. The number of nitrogens with zero attached hydrogens (tertiary/aromatic N) is 1. The van der Waals surface area contributed by atoms with Gasteiger partial charge in [-0.1, -0.05) is 37.6 Å². The fourth-order valence-electron chi connectivity index (χ4n) is 1.78. The van der Waals surface area contributed by atoms with Crippen LogP contribution >= 0.6 is 11.6 Å². The van der Waals surface area contributed by atoms with Gasteiger partial charge in [-0.15, -0.1) is 0 Å². The highest BCUT2D eigenvalue weighted by molar-refractivity contribution is 6.30. The molecule has 0 saturated carbocycles. The van der Waals surface area contributed by atoms with Gasteiger partial charge in [-0.3, -0.25) is 4.79 Å². The third-order valence-corrected chi connectivity index (χ3v) is 2.84. The summed E-state index contributed by atoms with van der Waals surface area (Å²) in [5.74, 6) is 0.123. The summed E-state index contributed by atoms with van der Waals surface area (Å²) in [5.41, 5.74) is 2.25. The molecule has 0 aliphatic heterocycles. The summed E-state index contributed by atoms with van der Waals surface area (Å²) in [6, 6.07) is 7.33. The lowest BCUT2D eigenvalue weighted by molar-refractivity contribution is 0.833. The van der Waals surface area contributed by atoms with E-state index < -0.39 is 0 Å². The molecule has 0 spiro atoms. The molecule has 17 heavy (non-hydrogen) atoms. The van der Waals surface area contributed by atoms with E-state index in [1.54, 1.807) is 12.1 Å². The second-order valence-corrected chi connectivity index (χ2v) is 4.59. The molecule has 0 fully saturated rings. The molecule has 0 aliphatic rings. The molecule has 1 aromatic heterocycles. The summed E-state index contributed by atoms with van der Waals surface area (Å²) in [6.45, 7) is 3.96. The van der Waals surface area contributed by atoms with Crippen molar-refractivity contribution in [3.8, 4) is 11.3 Å². The van der Waals surface area contributed by atoms with Gasteiger partial charge in [-0.25, -0.2) is 4.98 Å². The van der Waals surface area contributed by atoms with E-state index in [0.717, 1.165) is 11.3 Å². The molecule has 0 atom stereocenters. The van der Waals surface area contributed by atoms with Crippen LogP contribution in [0.4, 0.5) is 0 Å². The zero-order valence-corrected chi connectivity index (χ0v) is 10.5. The molecule has 1 aromatic carbocycles. The quantitative estimate of drug-likeness (QED) is 0.887. The molecule has 0 amide bonds. The first-order chi connectivity index (χ1) is 8.09. The van der Waals surface area contributed by atoms with E-state index in [-0.39, 0.29) is 11.5 Å². The fraction of sp³-hybridized carbons (Fsp3) is 0.231. The van der Waals surface area contributed by atoms with Crippen LogP contribution in [0, 0.1) is 0 Å². The lowest BCUT2D eigenvalue weighted by atomic mass is 9.98. The molecule has 0 unspecified atom stereocenters. The third kappa shape index (κ3) is 2.39. The van der Waals surface area contributed by atoms with Gasteiger partial charge in [0.25, 0.3) is 5.56 Å². The molecular formula is C13H13ClN2O. The van der Waals surface area contributed by atoms with Crippen molar-refractivity contribution in [3.05, 3.63) is 51.5 Å². The van der Waals surface area contributed by atoms with Crippen LogP contribution in [0.1, 0.15) is 25.3 Å². The number of aromatic nitrogens is 2. The highest BCUT2D eigenvalue weighted by Gasteiger charge is 2.13. The van der Waals surface area contributed by atoms with Crippen molar-refractivity contribution >= 4 is 11.6 Å². The highest BCUT2D eigenvalue weighted by atomic mass is 35.5. The lowest BCUT2D eigenvalue weighted by Gasteiger charge is -2.10. The second-order valence-electron chi connectivity index (χ2n) is 4.16. The largest absolute Gasteiger partial charge is 0.313 e. The number of hydrogen-bond donors (Lipinski definition) is 1. The van der Waals surface area contributed by atoms with E-state index in [2.05, 4.69) is 9.97 Å². The summed E-state index contributed by atoms with van der Waals surface area (Å²) in [6.07, 6.45) is 1.43. The zero-order valence-electron chi connectivity index (χ0n) is 9.70. The van der Waals surface area contributed by atoms with Crippen LogP contribution in [0.15, 0.2) is 35.4 Å². The monoisotopic (exact) mass is 248 g/mol. The number of benzene rings is 1. The molecule has 0 saturated heterocycles. The summed E-state index contributed by atoms with van der Waals surface area (Å²) in [4.78, 5) is 18.7. The number of H-pyrrole nitrogens is 1. The normalized spacial score (nSPS) is 10.8. The van der Waals surface area contributed by atoms with Crippen LogP contribution in [0.3, 0.4) is 0 Å². The topological polar surface area (TPSA) is 45.8 Å². The van der Waals surface area contributed by atoms with Gasteiger partial charge in [0.1, 0.15) is 0 Å². The van der Waals surface area contributed by atoms with Gasteiger partial charge < -0.3 is 4.98 Å². The fourth-order valence-corrected chi connectivity index (χ4v) is 1.91. The average molecular weight is 249 g/mol. The Morgan fingerprint density at radius 2 is 1.88 bits per heavy atom. The van der Waals surface area contributed by atoms with Gasteiger partial charge in [-0.2, -0.15) is 0 Å². The van der Waals surface area contributed by atoms with Crippen molar-refractivity contribution in [2.75, 3.05) is 0 Å². The van der Waals surface area contributed by atoms with Crippen molar-refractivity contribution in [1.29, 1.82) is 0 Å². The van der Waals surface area contributed by atoms with Crippen molar-refractivity contribution in [1.82, 2.24) is 9.97 Å². The molecular weight excluding hydrogens is 236 g/mol. The van der Waals surface area contributed by atoms with Crippen LogP contribution in [-0.2, 0) is 0 Å². The van der Waals surface area contributed by atoms with E-state index in [9.17, 15) is 4.79 Å². The summed E-state index contributed by atoms with van der Waals surface area (Å²) in [7, 11) is 0. The lowest BCUT2D eigenvalue weighted by Crippen LogP contribution is -2.16. The van der Waals surface area contributed by atoms with Gasteiger partial charge in [0, 0.05) is 16.1 Å². The third-order valence-electron chi connectivity index (χ3n) is 2.58. The van der Waals surface area contributed by atoms with Crippen LogP contribution in [-0.4, -0.2) is 9.97 Å². The second kappa shape index (κ2) is 4.72. The van der Waals surface area contributed by atoms with Crippen LogP contribution in [0.25, 0.3) is 11.3 Å². The number of nitrogens with one attached hydrogen (secondary N) is 1. The Bertz CT molecular complexity index is 573. The molecule has 1 N–H and O–H groups in total. The Hall–Kier alpha value is -1.61. The van der Waals surface area contributed by atoms with Crippen LogP contribution in [0.2, 0.25) is 5.02 Å². The Morgan fingerprint density at radius 1 is 1.24 bits per heavy atom. The molecule has 0 aliphatic carbocycles. The molecule has 2 rings (SSSR count). The van der Waals surface area contributed by atoms with Gasteiger partial charge in [0.2, 0.25) is 0 Å². The molecule has 3 nitrogen and oxygen atoms in total. The van der Waals surface area contributed by atoms with E-state index in [1.807, 2.05) is 26.0 Å². The first-order valence-electron chi connectivity index (χ1n) is 5.43. The van der Waals surface area contributed by atoms with Crippen molar-refractivity contribution in [3.63, 3.8) is 0 Å². The molecule has 4 heteroatoms. The Kier molecular flexibility index (Phi) is 3.29. The Morgan fingerprint density at radius 3 is 2.47 bits per heavy atom. The minimum Gasteiger partial charge on any atom is -0.313 e. The van der Waals surface area contributed by atoms with Crippen LogP contribution < -0.4 is 5.56 Å². The molecule has 0 bridgehead atoms. The molecule has 1 heterocycles. The Balaban J connectivity index is 2.63. The summed E-state index contributed by atoms with van der Waals surface area (Å²) < 4.78 is 0. The average Bonchev–Trinajstić information content (AvgIpc) is 2.29. The first kappa shape index (κ1) is 11.9. The smallest absolute Gasteiger partial charge is 0.254 e. The van der Waals surface area contributed by atoms with Crippen molar-refractivity contribution in [2.24, 2.45) is 0 Å². The van der Waals surface area contributed by atoms with E-state index >= 15 is 0 Å². The van der Waals surface area contributed by atoms with Gasteiger partial charge >= 0.3 is 0 Å². The molecule has 2 aromatic rings. The van der Waals surface area contributed by atoms with Crippen molar-refractivity contribution in [2.45, 2.75) is 19.8 Å². The number of aromatic amines is 1. The summed E-state index contributed by atoms with van der Waals surface area (Å²) in [5, 5.41) is 0.671. The maximum atomic E-state index is 11.8. The zero-order chi connectivity index (χ0) is 12.4. The maximum absolute atomic E-state index is 11.8. The van der Waals surface area contributed by atoms with Gasteiger partial charge in [-0.05, 0) is 18.1 Å². The minimum atomic E-state index is -0.0834. The summed E-state index contributed by atoms with van der Waals surface area (Å²) >= 11 is 5.84. The number of hydrogen-bond acceptors (Lipinski definition) is 2. The first-order valence-corrected chi connectivity index (χ1v) is 5.81. The predicted molar refractivity (Wildman–Crippen MR) is 69.4 cm³/mol. The standard InChI is InChI=1S/C13H13ClN2O/c1-8(2)11-12(15-7-16-13(11)17)9-3-5-10(14)6-4-9/h3-8H,1-2H3,(H,15,16,17). The van der Waals surface area contributed by atoms with Gasteiger partial charge in [0.05, 0.1) is 12.0 Å². The van der Waals surface area contributed by atoms with Crippen LogP contribution in [0.5, 0.6) is 0 Å². The predicted octanol–water partition coefficient (Wildman–Crippen LogP) is 3.21. The SMILES string of the molecule is CC(C)c1c(-c2ccc(Cl)cc2)nc[nH]c1=O. The highest BCUT2D eigenvalue weighted by Crippen LogP contribution is 2.25. The maximum Gasteiger partial charge on any atom is 0.254 e. The molecule has 88 valence electrons. The number of rotatable bonds is 2. The van der Waals surface area contributed by atoms with E-state index in [0.29, 0.717) is 10.6 Å². The van der Waals surface area contributed by atoms with Crippen molar-refractivity contribution < 1.29 is 0 Å².